The first-order valence-corrected chi connectivity index (χ1v) is 15.0. The van der Waals surface area contributed by atoms with Gasteiger partial charge in [-0.25, -0.2) is 4.39 Å². The Labute approximate surface area is 241 Å². The third-order valence-corrected chi connectivity index (χ3v) is 8.04. The lowest BCUT2D eigenvalue weighted by Gasteiger charge is -2.40. The van der Waals surface area contributed by atoms with Crippen LogP contribution in [0.3, 0.4) is 0 Å². The summed E-state index contributed by atoms with van der Waals surface area (Å²) in [6.07, 6.45) is 9.11. The van der Waals surface area contributed by atoms with E-state index >= 15 is 0 Å². The highest BCUT2D eigenvalue weighted by Crippen LogP contribution is 2.29. The molecule has 1 N–H and O–H groups in total. The number of aliphatic hydroxyl groups is 1. The molecule has 2 saturated heterocycles. The minimum atomic E-state index is -0.549. The average Bonchev–Trinajstić information content (AvgIpc) is 3.23. The van der Waals surface area contributed by atoms with Crippen molar-refractivity contribution in [2.24, 2.45) is 0 Å². The third kappa shape index (κ3) is 8.28. The first kappa shape index (κ1) is 31.6. The van der Waals surface area contributed by atoms with E-state index in [1.165, 1.54) is 12.1 Å². The Morgan fingerprint density at radius 2 is 1.75 bits per heavy atom. The number of allylic oxidation sites excluding steroid dienone is 1. The number of hydrogen-bond donors (Lipinski definition) is 1. The molecule has 2 fully saturated rings. The number of nitrogens with zero attached hydrogens (tertiary/aromatic N) is 3. The van der Waals surface area contributed by atoms with Crippen LogP contribution in [0.25, 0.3) is 11.1 Å². The lowest BCUT2D eigenvalue weighted by Crippen LogP contribution is -2.47. The second-order valence-corrected chi connectivity index (χ2v) is 10.9. The van der Waals surface area contributed by atoms with Gasteiger partial charge in [0, 0.05) is 38.8 Å². The van der Waals surface area contributed by atoms with Gasteiger partial charge < -0.3 is 19.8 Å². The summed E-state index contributed by atoms with van der Waals surface area (Å²) in [6.45, 7) is 15.8. The molecule has 0 radical (unpaired) electrons. The normalized spacial score (nSPS) is 19.7. The van der Waals surface area contributed by atoms with Crippen LogP contribution in [0.2, 0.25) is 0 Å². The molecule has 2 aromatic carbocycles. The molecule has 4 rings (SSSR count). The lowest BCUT2D eigenvalue weighted by atomic mass is 9.92. The fourth-order valence-corrected chi connectivity index (χ4v) is 5.70. The Balaban J connectivity index is 0.00000216. The van der Waals surface area contributed by atoms with Crippen molar-refractivity contribution in [2.45, 2.75) is 84.4 Å². The molecule has 2 heterocycles. The van der Waals surface area contributed by atoms with E-state index in [0.29, 0.717) is 18.3 Å². The van der Waals surface area contributed by atoms with Gasteiger partial charge in [0.2, 0.25) is 0 Å². The smallest absolute Gasteiger partial charge is 0.270 e. The van der Waals surface area contributed by atoms with Crippen LogP contribution in [0.4, 0.5) is 4.39 Å². The van der Waals surface area contributed by atoms with Crippen LogP contribution in [0, 0.1) is 5.82 Å². The molecule has 2 aliphatic heterocycles. The number of hydrogen-bond acceptors (Lipinski definition) is 4. The number of amides is 1. The van der Waals surface area contributed by atoms with Crippen molar-refractivity contribution in [1.29, 1.82) is 0 Å². The Bertz CT molecular complexity index is 1120. The van der Waals surface area contributed by atoms with Gasteiger partial charge in [-0.15, -0.1) is 0 Å². The van der Waals surface area contributed by atoms with E-state index in [2.05, 4.69) is 17.5 Å². The van der Waals surface area contributed by atoms with Crippen molar-refractivity contribution >= 4 is 5.91 Å². The summed E-state index contributed by atoms with van der Waals surface area (Å²) in [5.41, 5.74) is 3.11. The maximum Gasteiger partial charge on any atom is 0.270 e. The van der Waals surface area contributed by atoms with Crippen molar-refractivity contribution in [1.82, 2.24) is 14.7 Å². The molecule has 5 nitrogen and oxygen atoms in total. The number of benzene rings is 2. The van der Waals surface area contributed by atoms with Crippen molar-refractivity contribution in [3.63, 3.8) is 0 Å². The molecule has 1 unspecified atom stereocenters. The van der Waals surface area contributed by atoms with Gasteiger partial charge >= 0.3 is 0 Å². The molecule has 218 valence electrons. The molecule has 1 atom stereocenters. The van der Waals surface area contributed by atoms with Crippen molar-refractivity contribution in [3.05, 3.63) is 84.5 Å². The van der Waals surface area contributed by atoms with Gasteiger partial charge in [0.05, 0.1) is 5.60 Å². The number of rotatable bonds is 8. The fraction of sp³-hybridized carbons (Fsp3) is 0.500. The molecule has 40 heavy (non-hydrogen) atoms. The Hall–Kier alpha value is -2.96. The van der Waals surface area contributed by atoms with Gasteiger partial charge in [0.15, 0.2) is 0 Å². The molecule has 6 heteroatoms. The lowest BCUT2D eigenvalue weighted by molar-refractivity contribution is -0.128. The van der Waals surface area contributed by atoms with E-state index in [-0.39, 0.29) is 11.7 Å². The van der Waals surface area contributed by atoms with Gasteiger partial charge in [-0.1, -0.05) is 69.8 Å². The first-order chi connectivity index (χ1) is 19.3. The van der Waals surface area contributed by atoms with Crippen LogP contribution < -0.4 is 0 Å². The number of likely N-dealkylation sites (tertiary alicyclic amines) is 2. The summed E-state index contributed by atoms with van der Waals surface area (Å²) in [7, 11) is 0. The summed E-state index contributed by atoms with van der Waals surface area (Å²) < 4.78 is 13.5. The molecule has 2 aliphatic rings. The quantitative estimate of drug-likeness (QED) is 0.361. The summed E-state index contributed by atoms with van der Waals surface area (Å²) in [6, 6.07) is 15.0. The zero-order valence-corrected chi connectivity index (χ0v) is 24.9. The molecule has 0 bridgehead atoms. The van der Waals surface area contributed by atoms with Gasteiger partial charge in [0.1, 0.15) is 11.5 Å². The number of carbonyl (C=O) groups is 1. The summed E-state index contributed by atoms with van der Waals surface area (Å²) >= 11 is 0. The molecule has 2 aromatic rings. The molecule has 0 spiro atoms. The largest absolute Gasteiger partial charge is 0.390 e. The zero-order valence-electron chi connectivity index (χ0n) is 24.9. The van der Waals surface area contributed by atoms with E-state index in [0.717, 1.165) is 81.4 Å². The predicted octanol–water partition coefficient (Wildman–Crippen LogP) is 6.99. The maximum atomic E-state index is 13.9. The molecular weight excluding hydrogens is 501 g/mol. The highest BCUT2D eigenvalue weighted by Gasteiger charge is 2.33. The van der Waals surface area contributed by atoms with Crippen LogP contribution in [0.5, 0.6) is 0 Å². The second-order valence-electron chi connectivity index (χ2n) is 10.9. The van der Waals surface area contributed by atoms with Crippen LogP contribution in [-0.4, -0.2) is 63.5 Å². The average molecular weight is 550 g/mol. The van der Waals surface area contributed by atoms with Gasteiger partial charge in [-0.05, 0) is 80.5 Å². The van der Waals surface area contributed by atoms with Crippen molar-refractivity contribution in [2.75, 3.05) is 26.2 Å². The third-order valence-electron chi connectivity index (χ3n) is 8.04. The molecule has 0 aliphatic carbocycles. The monoisotopic (exact) mass is 549 g/mol. The number of halogens is 1. The van der Waals surface area contributed by atoms with Crippen LogP contribution in [0.15, 0.2) is 73.1 Å². The van der Waals surface area contributed by atoms with Gasteiger partial charge in [-0.2, -0.15) is 0 Å². The van der Waals surface area contributed by atoms with E-state index in [1.807, 2.05) is 61.8 Å². The SMILES string of the molecule is C=CN(Cc1ccccc1-c1ccc(F)cc1)/C(=C\CC)C(=O)N1CCCC(N2CCC(C)(O)CC2)CC1.CC. The van der Waals surface area contributed by atoms with Crippen LogP contribution >= 0.6 is 0 Å². The van der Waals surface area contributed by atoms with Crippen LogP contribution in [-0.2, 0) is 11.3 Å². The first-order valence-electron chi connectivity index (χ1n) is 15.0. The van der Waals surface area contributed by atoms with E-state index in [1.54, 1.807) is 18.3 Å². The number of carbonyl (C=O) groups excluding carboxylic acids is 1. The minimum Gasteiger partial charge on any atom is -0.390 e. The number of piperidine rings is 1. The van der Waals surface area contributed by atoms with Gasteiger partial charge in [0.25, 0.3) is 5.91 Å². The summed E-state index contributed by atoms with van der Waals surface area (Å²) in [5, 5.41) is 10.3. The van der Waals surface area contributed by atoms with Crippen LogP contribution in [0.1, 0.15) is 71.8 Å². The summed E-state index contributed by atoms with van der Waals surface area (Å²) in [5.74, 6) is -0.210. The Morgan fingerprint density at radius 3 is 2.40 bits per heavy atom. The van der Waals surface area contributed by atoms with Crippen molar-refractivity contribution < 1.29 is 14.3 Å². The zero-order chi connectivity index (χ0) is 29.1. The molecule has 0 aromatic heterocycles. The Morgan fingerprint density at radius 1 is 1.07 bits per heavy atom. The minimum absolute atomic E-state index is 0.0493. The van der Waals surface area contributed by atoms with E-state index in [4.69, 9.17) is 0 Å². The maximum absolute atomic E-state index is 13.9. The summed E-state index contributed by atoms with van der Waals surface area (Å²) in [4.78, 5) is 20.3. The highest BCUT2D eigenvalue weighted by molar-refractivity contribution is 5.93. The van der Waals surface area contributed by atoms with E-state index < -0.39 is 5.60 Å². The fourth-order valence-electron chi connectivity index (χ4n) is 5.70. The standard InChI is InChI=1S/C32H42FN3O2.C2H6/c1-4-9-30(31(37)36-20-8-11-28(17-21-36)35-22-18-32(3,38)19-23-35)34(5-2)24-26-10-6-7-12-29(26)25-13-15-27(33)16-14-25;1-2/h5-7,9-10,12-16,28,38H,2,4,8,11,17-24H2,1,3H3;1-2H3/b30-9-;. The highest BCUT2D eigenvalue weighted by atomic mass is 19.1. The van der Waals surface area contributed by atoms with E-state index in [9.17, 15) is 14.3 Å². The Kier molecular flexibility index (Phi) is 12.0. The molecule has 1 amide bonds. The second kappa shape index (κ2) is 15.2. The molecular formula is C34H48FN3O2. The van der Waals surface area contributed by atoms with Crippen molar-refractivity contribution in [3.8, 4) is 11.1 Å². The van der Waals surface area contributed by atoms with Gasteiger partial charge in [-0.3, -0.25) is 4.79 Å². The molecule has 0 saturated carbocycles. The topological polar surface area (TPSA) is 47.0 Å². The predicted molar refractivity (Wildman–Crippen MR) is 163 cm³/mol.